The number of rotatable bonds is 4. The van der Waals surface area contributed by atoms with Gasteiger partial charge in [-0.15, -0.1) is 0 Å². The van der Waals surface area contributed by atoms with Crippen molar-refractivity contribution in [3.05, 3.63) is 76.1 Å². The number of carbonyl (C=O) groups is 1. The summed E-state index contributed by atoms with van der Waals surface area (Å²) < 4.78 is 10.6. The molecule has 0 amide bonds. The quantitative estimate of drug-likeness (QED) is 0.547. The average molecular weight is 294 g/mol. The average Bonchev–Trinajstić information content (AvgIpc) is 2.52. The van der Waals surface area contributed by atoms with Gasteiger partial charge in [-0.25, -0.2) is 4.79 Å². The highest BCUT2D eigenvalue weighted by atomic mass is 16.5. The summed E-state index contributed by atoms with van der Waals surface area (Å²) in [5, 5.41) is 0.666. The summed E-state index contributed by atoms with van der Waals surface area (Å²) in [5.74, 6) is 0.213. The zero-order valence-corrected chi connectivity index (χ0v) is 12.0. The Morgan fingerprint density at radius 1 is 1.09 bits per heavy atom. The number of carbonyl (C=O) groups excluding carboxylic acids is 1. The Hall–Kier alpha value is -2.88. The van der Waals surface area contributed by atoms with Gasteiger partial charge in [0.25, 0.3) is 0 Å². The summed E-state index contributed by atoms with van der Waals surface area (Å²) in [7, 11) is 0. The predicted octanol–water partition coefficient (Wildman–Crippen LogP) is 3.36. The van der Waals surface area contributed by atoms with Crippen LogP contribution in [-0.4, -0.2) is 12.4 Å². The van der Waals surface area contributed by atoms with Crippen LogP contribution in [0.5, 0.6) is 5.75 Å². The third-order valence-corrected chi connectivity index (χ3v) is 3.34. The van der Waals surface area contributed by atoms with E-state index in [0.717, 1.165) is 5.56 Å². The van der Waals surface area contributed by atoms with Gasteiger partial charge in [-0.05, 0) is 19.1 Å². The van der Waals surface area contributed by atoms with Crippen LogP contribution in [0.4, 0.5) is 0 Å². The molecule has 0 atom stereocenters. The largest absolute Gasteiger partial charge is 0.484 e. The van der Waals surface area contributed by atoms with E-state index in [1.54, 1.807) is 30.3 Å². The third kappa shape index (κ3) is 2.91. The van der Waals surface area contributed by atoms with Crippen LogP contribution in [0.25, 0.3) is 11.0 Å². The van der Waals surface area contributed by atoms with Gasteiger partial charge in [-0.1, -0.05) is 42.0 Å². The standard InChI is InChI=1S/C18H14O4/c1-12-6-8-13(9-7-12)15(19)11-21-17-10-18(20)22-16-5-3-2-4-14(16)17/h2-10H,11H2,1H3. The molecule has 1 heterocycles. The van der Waals surface area contributed by atoms with E-state index in [1.807, 2.05) is 25.1 Å². The molecule has 3 rings (SSSR count). The lowest BCUT2D eigenvalue weighted by atomic mass is 10.1. The van der Waals surface area contributed by atoms with Gasteiger partial charge in [0, 0.05) is 5.56 Å². The molecule has 0 fully saturated rings. The van der Waals surface area contributed by atoms with E-state index in [-0.39, 0.29) is 12.4 Å². The predicted molar refractivity (Wildman–Crippen MR) is 83.5 cm³/mol. The molecule has 0 radical (unpaired) electrons. The molecule has 0 aliphatic rings. The first-order valence-corrected chi connectivity index (χ1v) is 6.89. The first-order chi connectivity index (χ1) is 10.6. The molecule has 22 heavy (non-hydrogen) atoms. The van der Waals surface area contributed by atoms with Gasteiger partial charge < -0.3 is 9.15 Å². The van der Waals surface area contributed by atoms with Gasteiger partial charge in [-0.2, -0.15) is 0 Å². The second-order valence-corrected chi connectivity index (χ2v) is 5.00. The topological polar surface area (TPSA) is 56.5 Å². The zero-order chi connectivity index (χ0) is 15.5. The number of ether oxygens (including phenoxy) is 1. The van der Waals surface area contributed by atoms with Crippen molar-refractivity contribution in [2.24, 2.45) is 0 Å². The summed E-state index contributed by atoms with van der Waals surface area (Å²) in [4.78, 5) is 23.6. The van der Waals surface area contributed by atoms with Crippen LogP contribution in [0.3, 0.4) is 0 Å². The molecule has 0 saturated carbocycles. The Kier molecular flexibility index (Phi) is 3.74. The van der Waals surface area contributed by atoms with E-state index in [4.69, 9.17) is 9.15 Å². The van der Waals surface area contributed by atoms with Crippen LogP contribution in [0.2, 0.25) is 0 Å². The van der Waals surface area contributed by atoms with E-state index in [1.165, 1.54) is 6.07 Å². The van der Waals surface area contributed by atoms with E-state index in [2.05, 4.69) is 0 Å². The lowest BCUT2D eigenvalue weighted by molar-refractivity contribution is 0.0922. The van der Waals surface area contributed by atoms with Crippen LogP contribution < -0.4 is 10.4 Å². The summed E-state index contributed by atoms with van der Waals surface area (Å²) in [6.07, 6.45) is 0. The van der Waals surface area contributed by atoms with Crippen LogP contribution in [0, 0.1) is 6.92 Å². The summed E-state index contributed by atoms with van der Waals surface area (Å²) in [6.45, 7) is 1.83. The Morgan fingerprint density at radius 3 is 2.59 bits per heavy atom. The third-order valence-electron chi connectivity index (χ3n) is 3.34. The molecule has 0 saturated heterocycles. The van der Waals surface area contributed by atoms with Crippen LogP contribution in [0.1, 0.15) is 15.9 Å². The molecule has 0 N–H and O–H groups in total. The van der Waals surface area contributed by atoms with Crippen LogP contribution in [0.15, 0.2) is 63.8 Å². The fourth-order valence-electron chi connectivity index (χ4n) is 2.17. The van der Waals surface area contributed by atoms with E-state index in [9.17, 15) is 9.59 Å². The first-order valence-electron chi connectivity index (χ1n) is 6.89. The molecular weight excluding hydrogens is 280 g/mol. The minimum Gasteiger partial charge on any atom is -0.484 e. The number of para-hydroxylation sites is 1. The minimum absolute atomic E-state index is 0.128. The maximum absolute atomic E-state index is 12.1. The number of fused-ring (bicyclic) bond motifs is 1. The Labute approximate surface area is 127 Å². The van der Waals surface area contributed by atoms with Crippen LogP contribution in [-0.2, 0) is 0 Å². The molecule has 4 nitrogen and oxygen atoms in total. The fraction of sp³-hybridized carbons (Fsp3) is 0.111. The van der Waals surface area contributed by atoms with Crippen molar-refractivity contribution < 1.29 is 13.9 Å². The van der Waals surface area contributed by atoms with Crippen molar-refractivity contribution in [3.8, 4) is 5.75 Å². The molecule has 2 aromatic carbocycles. The number of aryl methyl sites for hydroxylation is 1. The smallest absolute Gasteiger partial charge is 0.339 e. The van der Waals surface area contributed by atoms with E-state index in [0.29, 0.717) is 22.3 Å². The monoisotopic (exact) mass is 294 g/mol. The highest BCUT2D eigenvalue weighted by Gasteiger charge is 2.10. The molecule has 110 valence electrons. The molecule has 3 aromatic rings. The Bertz CT molecular complexity index is 875. The van der Waals surface area contributed by atoms with Gasteiger partial charge in [0.15, 0.2) is 12.4 Å². The summed E-state index contributed by atoms with van der Waals surface area (Å²) >= 11 is 0. The summed E-state index contributed by atoms with van der Waals surface area (Å²) in [6, 6.07) is 15.6. The van der Waals surface area contributed by atoms with Crippen molar-refractivity contribution in [3.63, 3.8) is 0 Å². The van der Waals surface area contributed by atoms with Crippen molar-refractivity contribution in [2.75, 3.05) is 6.61 Å². The zero-order valence-electron chi connectivity index (χ0n) is 12.0. The molecule has 0 bridgehead atoms. The van der Waals surface area contributed by atoms with Gasteiger partial charge >= 0.3 is 5.63 Å². The van der Waals surface area contributed by atoms with Crippen molar-refractivity contribution in [2.45, 2.75) is 6.92 Å². The van der Waals surface area contributed by atoms with Gasteiger partial charge in [0.1, 0.15) is 11.3 Å². The number of benzene rings is 2. The molecule has 0 aliphatic heterocycles. The molecular formula is C18H14O4. The maximum Gasteiger partial charge on any atom is 0.339 e. The van der Waals surface area contributed by atoms with Gasteiger partial charge in [0.2, 0.25) is 0 Å². The number of hydrogen-bond acceptors (Lipinski definition) is 4. The fourth-order valence-corrected chi connectivity index (χ4v) is 2.17. The second kappa shape index (κ2) is 5.85. The molecule has 0 unspecified atom stereocenters. The van der Waals surface area contributed by atoms with Gasteiger partial charge in [-0.3, -0.25) is 4.79 Å². The second-order valence-electron chi connectivity index (χ2n) is 5.00. The van der Waals surface area contributed by atoms with E-state index < -0.39 is 5.63 Å². The minimum atomic E-state index is -0.503. The normalized spacial score (nSPS) is 10.6. The van der Waals surface area contributed by atoms with Gasteiger partial charge in [0.05, 0.1) is 11.5 Å². The van der Waals surface area contributed by atoms with Crippen molar-refractivity contribution in [1.82, 2.24) is 0 Å². The van der Waals surface area contributed by atoms with Crippen molar-refractivity contribution >= 4 is 16.8 Å². The van der Waals surface area contributed by atoms with E-state index >= 15 is 0 Å². The highest BCUT2D eigenvalue weighted by molar-refractivity contribution is 5.97. The lowest BCUT2D eigenvalue weighted by Gasteiger charge is -2.08. The molecule has 0 aliphatic carbocycles. The van der Waals surface area contributed by atoms with Crippen molar-refractivity contribution in [1.29, 1.82) is 0 Å². The maximum atomic E-state index is 12.1. The highest BCUT2D eigenvalue weighted by Crippen LogP contribution is 2.23. The Morgan fingerprint density at radius 2 is 1.82 bits per heavy atom. The number of hydrogen-bond donors (Lipinski definition) is 0. The number of Topliss-reactive ketones (excluding diaryl/α,β-unsaturated/α-hetero) is 1. The van der Waals surface area contributed by atoms with Crippen LogP contribution >= 0.6 is 0 Å². The first kappa shape index (κ1) is 14.1. The Balaban J connectivity index is 1.83. The number of ketones is 1. The molecule has 0 spiro atoms. The molecule has 1 aromatic heterocycles. The summed E-state index contributed by atoms with van der Waals surface area (Å²) in [5.41, 5.74) is 1.60. The molecule has 4 heteroatoms. The lowest BCUT2D eigenvalue weighted by Crippen LogP contribution is -2.12. The SMILES string of the molecule is Cc1ccc(C(=O)COc2cc(=O)oc3ccccc23)cc1.